The van der Waals surface area contributed by atoms with Gasteiger partial charge < -0.3 is 10.0 Å². The minimum Gasteiger partial charge on any atom is -0.423 e. The predicted octanol–water partition coefficient (Wildman–Crippen LogP) is -0.634. The van der Waals surface area contributed by atoms with Gasteiger partial charge in [-0.1, -0.05) is 0 Å². The fourth-order valence-corrected chi connectivity index (χ4v) is 0.848. The van der Waals surface area contributed by atoms with Crippen LogP contribution in [0.3, 0.4) is 0 Å². The SMILES string of the molecule is [2H]c1nc(I)c([2H])c(B(O)O)c1[2H]. The van der Waals surface area contributed by atoms with Crippen LogP contribution < -0.4 is 5.46 Å². The molecule has 0 bridgehead atoms. The van der Waals surface area contributed by atoms with E-state index in [4.69, 9.17) is 14.2 Å². The van der Waals surface area contributed by atoms with E-state index in [9.17, 15) is 0 Å². The number of hydrogen-bond acceptors (Lipinski definition) is 3. The minimum absolute atomic E-state index is 0.182. The molecule has 1 aromatic heterocycles. The molecule has 1 aromatic rings. The Morgan fingerprint density at radius 1 is 1.70 bits per heavy atom. The first kappa shape index (κ1) is 4.68. The minimum atomic E-state index is -1.90. The van der Waals surface area contributed by atoms with Crippen LogP contribution in [0.2, 0.25) is 0 Å². The Balaban J connectivity index is 3.46. The number of rotatable bonds is 1. The lowest BCUT2D eigenvalue weighted by Gasteiger charge is -1.96. The first-order chi connectivity index (χ1) is 5.95. The Bertz CT molecular complexity index is 323. The molecule has 0 atom stereocenters. The summed E-state index contributed by atoms with van der Waals surface area (Å²) in [6, 6.07) is -0.628. The normalized spacial score (nSPS) is 13.7. The summed E-state index contributed by atoms with van der Waals surface area (Å²) in [5.41, 5.74) is -0.274. The van der Waals surface area contributed by atoms with Gasteiger partial charge in [-0.3, -0.25) is 4.98 Å². The molecular formula is C5H5BINO2. The maximum Gasteiger partial charge on any atom is 0.488 e. The molecule has 0 saturated carbocycles. The number of hydrogen-bond donors (Lipinski definition) is 2. The Hall–Kier alpha value is -0.135. The Labute approximate surface area is 76.6 Å². The van der Waals surface area contributed by atoms with Crippen LogP contribution in [0.4, 0.5) is 0 Å². The van der Waals surface area contributed by atoms with Crippen molar-refractivity contribution in [2.45, 2.75) is 0 Å². The average molecular weight is 252 g/mol. The molecule has 0 saturated heterocycles. The van der Waals surface area contributed by atoms with E-state index in [1.807, 2.05) is 0 Å². The van der Waals surface area contributed by atoms with E-state index < -0.39 is 13.2 Å². The van der Waals surface area contributed by atoms with Crippen molar-refractivity contribution in [2.75, 3.05) is 0 Å². The third-order valence-electron chi connectivity index (χ3n) is 0.841. The lowest BCUT2D eigenvalue weighted by atomic mass is 9.81. The van der Waals surface area contributed by atoms with E-state index in [1.165, 1.54) is 0 Å². The van der Waals surface area contributed by atoms with Crippen LogP contribution in [0.1, 0.15) is 4.11 Å². The summed E-state index contributed by atoms with van der Waals surface area (Å²) < 4.78 is 22.0. The third-order valence-corrected chi connectivity index (χ3v) is 1.35. The van der Waals surface area contributed by atoms with Gasteiger partial charge in [0.1, 0.15) is 3.70 Å². The van der Waals surface area contributed by atoms with Crippen LogP contribution in [0.15, 0.2) is 18.3 Å². The highest BCUT2D eigenvalue weighted by atomic mass is 127. The fraction of sp³-hybridized carbons (Fsp3) is 0. The van der Waals surface area contributed by atoms with E-state index in [1.54, 1.807) is 22.6 Å². The van der Waals surface area contributed by atoms with E-state index in [-0.39, 0.29) is 21.4 Å². The van der Waals surface area contributed by atoms with Crippen LogP contribution in [0.25, 0.3) is 0 Å². The van der Waals surface area contributed by atoms with E-state index in [0.717, 1.165) is 0 Å². The molecular weight excluding hydrogens is 244 g/mol. The first-order valence-corrected chi connectivity index (χ1v) is 3.52. The molecule has 0 radical (unpaired) electrons. The van der Waals surface area contributed by atoms with Crippen molar-refractivity contribution in [2.24, 2.45) is 0 Å². The monoisotopic (exact) mass is 252 g/mol. The molecule has 3 nitrogen and oxygen atoms in total. The van der Waals surface area contributed by atoms with Crippen molar-refractivity contribution < 1.29 is 14.2 Å². The maximum absolute atomic E-state index is 8.84. The third kappa shape index (κ3) is 1.93. The second-order valence-corrected chi connectivity index (χ2v) is 2.57. The van der Waals surface area contributed by atoms with Crippen molar-refractivity contribution >= 4 is 35.2 Å². The first-order valence-electron chi connectivity index (χ1n) is 3.94. The second kappa shape index (κ2) is 3.31. The zero-order valence-corrected chi connectivity index (χ0v) is 6.95. The summed E-state index contributed by atoms with van der Waals surface area (Å²) in [5, 5.41) is 17.7. The highest BCUT2D eigenvalue weighted by molar-refractivity contribution is 14.1. The van der Waals surface area contributed by atoms with Crippen LogP contribution in [0, 0.1) is 3.70 Å². The Morgan fingerprint density at radius 3 is 3.00 bits per heavy atom. The van der Waals surface area contributed by atoms with Gasteiger partial charge in [0.2, 0.25) is 0 Å². The van der Waals surface area contributed by atoms with Crippen LogP contribution >= 0.6 is 22.6 Å². The molecule has 0 aliphatic heterocycles. The van der Waals surface area contributed by atoms with Crippen molar-refractivity contribution in [1.82, 2.24) is 4.98 Å². The van der Waals surface area contributed by atoms with E-state index in [0.29, 0.717) is 0 Å². The standard InChI is InChI=1S/C5H5BINO2/c7-5-3-4(6(9)10)1-2-8-5/h1-3,9-10H/i1D,2D,3D. The highest BCUT2D eigenvalue weighted by Crippen LogP contribution is 1.95. The van der Waals surface area contributed by atoms with Crippen molar-refractivity contribution in [3.05, 3.63) is 22.0 Å². The van der Waals surface area contributed by atoms with Crippen molar-refractivity contribution in [3.8, 4) is 0 Å². The van der Waals surface area contributed by atoms with Gasteiger partial charge in [0, 0.05) is 6.17 Å². The summed E-state index contributed by atoms with van der Waals surface area (Å²) in [7, 11) is -1.90. The smallest absolute Gasteiger partial charge is 0.423 e. The van der Waals surface area contributed by atoms with E-state index in [2.05, 4.69) is 4.98 Å². The molecule has 2 N–H and O–H groups in total. The van der Waals surface area contributed by atoms with Gasteiger partial charge in [-0.2, -0.15) is 0 Å². The molecule has 1 rings (SSSR count). The second-order valence-electron chi connectivity index (χ2n) is 1.55. The largest absolute Gasteiger partial charge is 0.488 e. The maximum atomic E-state index is 8.84. The van der Waals surface area contributed by atoms with Gasteiger partial charge in [-0.25, -0.2) is 0 Å². The van der Waals surface area contributed by atoms with E-state index >= 15 is 0 Å². The van der Waals surface area contributed by atoms with Gasteiger partial charge in [0.15, 0.2) is 0 Å². The van der Waals surface area contributed by atoms with Gasteiger partial charge in [0.25, 0.3) is 0 Å². The quantitative estimate of drug-likeness (QED) is 0.397. The lowest BCUT2D eigenvalue weighted by Crippen LogP contribution is -2.29. The molecule has 5 heteroatoms. The van der Waals surface area contributed by atoms with Crippen molar-refractivity contribution in [3.63, 3.8) is 0 Å². The molecule has 0 unspecified atom stereocenters. The van der Waals surface area contributed by atoms with Gasteiger partial charge in [-0.05, 0) is 40.1 Å². The van der Waals surface area contributed by atoms with Crippen LogP contribution in [-0.2, 0) is 0 Å². The van der Waals surface area contributed by atoms with Gasteiger partial charge in [0.05, 0.1) is 4.11 Å². The predicted molar refractivity (Wildman–Crippen MR) is 46.8 cm³/mol. The molecule has 0 fully saturated rings. The molecule has 10 heavy (non-hydrogen) atoms. The number of pyridine rings is 1. The fourth-order valence-electron chi connectivity index (χ4n) is 0.437. The molecule has 52 valence electrons. The molecule has 0 aliphatic rings. The number of aromatic nitrogens is 1. The molecule has 0 aliphatic carbocycles. The van der Waals surface area contributed by atoms with Gasteiger partial charge in [-0.15, -0.1) is 0 Å². The number of halogens is 1. The zero-order chi connectivity index (χ0) is 10.2. The summed E-state index contributed by atoms with van der Waals surface area (Å²) in [6.07, 6.45) is -0.358. The van der Waals surface area contributed by atoms with Crippen LogP contribution in [0.5, 0.6) is 0 Å². The topological polar surface area (TPSA) is 53.4 Å². The Morgan fingerprint density at radius 2 is 2.40 bits per heavy atom. The summed E-state index contributed by atoms with van der Waals surface area (Å²) in [4.78, 5) is 3.57. The lowest BCUT2D eigenvalue weighted by molar-refractivity contribution is 0.425. The number of nitrogens with zero attached hydrogens (tertiary/aromatic N) is 1. The molecule has 1 heterocycles. The highest BCUT2D eigenvalue weighted by Gasteiger charge is 2.09. The summed E-state index contributed by atoms with van der Waals surface area (Å²) >= 11 is 1.70. The van der Waals surface area contributed by atoms with Crippen molar-refractivity contribution in [1.29, 1.82) is 0 Å². The Kier molecular flexibility index (Phi) is 1.55. The summed E-state index contributed by atoms with van der Waals surface area (Å²) in [5.74, 6) is 0. The summed E-state index contributed by atoms with van der Waals surface area (Å²) in [6.45, 7) is 0. The van der Waals surface area contributed by atoms with Gasteiger partial charge >= 0.3 is 7.12 Å². The average Bonchev–Trinajstić information content (AvgIpc) is 2.01. The molecule has 0 aromatic carbocycles. The van der Waals surface area contributed by atoms with Crippen LogP contribution in [-0.4, -0.2) is 22.2 Å². The molecule has 0 amide bonds. The molecule has 0 spiro atoms. The zero-order valence-electron chi connectivity index (χ0n) is 7.80.